The maximum atomic E-state index is 11.8. The van der Waals surface area contributed by atoms with Crippen molar-refractivity contribution in [3.63, 3.8) is 0 Å². The van der Waals surface area contributed by atoms with Crippen molar-refractivity contribution >= 4 is 29.8 Å². The van der Waals surface area contributed by atoms with Crippen molar-refractivity contribution in [1.29, 1.82) is 0 Å². The molecule has 6 heteroatoms. The molecule has 0 saturated heterocycles. The molecule has 0 bridgehead atoms. The van der Waals surface area contributed by atoms with Crippen molar-refractivity contribution < 1.29 is 4.79 Å². The first-order valence-electron chi connectivity index (χ1n) is 7.31. The zero-order valence-corrected chi connectivity index (χ0v) is 13.9. The normalized spacial score (nSPS) is 11.9. The monoisotopic (exact) mass is 330 g/mol. The number of carbonyl (C=O) groups excluding carboxylic acids is 1. The Morgan fingerprint density at radius 1 is 1.35 bits per heavy atom. The number of allylic oxidation sites excluding steroid dienone is 1. The number of hydrazone groups is 1. The number of nitrogens with zero attached hydrogens (tertiary/aromatic N) is 2. The fourth-order valence-electron chi connectivity index (χ4n) is 2.15. The molecule has 0 aliphatic heterocycles. The molecule has 0 atom stereocenters. The van der Waals surface area contributed by atoms with Crippen molar-refractivity contribution in [3.8, 4) is 0 Å². The smallest absolute Gasteiger partial charge is 0.240 e. The molecule has 1 amide bonds. The highest BCUT2D eigenvalue weighted by Gasteiger charge is 2.08. The minimum atomic E-state index is -0.162. The van der Waals surface area contributed by atoms with E-state index in [0.717, 1.165) is 22.5 Å². The third-order valence-corrected chi connectivity index (χ3v) is 3.57. The van der Waals surface area contributed by atoms with Crippen LogP contribution in [0.4, 0.5) is 0 Å². The summed E-state index contributed by atoms with van der Waals surface area (Å²) in [6.07, 6.45) is 4.16. The summed E-state index contributed by atoms with van der Waals surface area (Å²) in [5.74, 6) is -0.162. The first-order valence-corrected chi connectivity index (χ1v) is 7.68. The van der Waals surface area contributed by atoms with Crippen LogP contribution in [0, 0.1) is 13.8 Å². The van der Waals surface area contributed by atoms with E-state index in [1.807, 2.05) is 44.2 Å². The average Bonchev–Trinajstić information content (AvgIpc) is 2.85. The van der Waals surface area contributed by atoms with E-state index in [9.17, 15) is 4.79 Å². The van der Waals surface area contributed by atoms with Gasteiger partial charge in [0.15, 0.2) is 0 Å². The second-order valence-corrected chi connectivity index (χ2v) is 5.58. The number of aromatic nitrogens is 2. The molecule has 23 heavy (non-hydrogen) atoms. The predicted molar refractivity (Wildman–Crippen MR) is 93.3 cm³/mol. The van der Waals surface area contributed by atoms with Gasteiger partial charge in [-0.1, -0.05) is 41.9 Å². The van der Waals surface area contributed by atoms with Gasteiger partial charge in [-0.15, -0.1) is 0 Å². The molecule has 0 aliphatic rings. The standard InChI is InChI=1S/C17H19ClN4O/c1-12-16(13(2)21-20-12)8-9-17(23)22-19-11-15(18)10-14-6-4-3-5-7-14/h3-7,10-11H,8-9H2,1-2H3,(H,20,21)(H,22,23)/b15-10-,19-11+. The molecular weight excluding hydrogens is 312 g/mol. The van der Waals surface area contributed by atoms with Crippen molar-refractivity contribution in [2.24, 2.45) is 5.10 Å². The number of halogens is 1. The van der Waals surface area contributed by atoms with Crippen molar-refractivity contribution in [3.05, 3.63) is 57.9 Å². The van der Waals surface area contributed by atoms with Gasteiger partial charge >= 0.3 is 0 Å². The highest BCUT2D eigenvalue weighted by atomic mass is 35.5. The van der Waals surface area contributed by atoms with E-state index >= 15 is 0 Å². The number of H-pyrrole nitrogens is 1. The summed E-state index contributed by atoms with van der Waals surface area (Å²) in [6, 6.07) is 9.65. The van der Waals surface area contributed by atoms with Gasteiger partial charge in [0.05, 0.1) is 16.9 Å². The maximum Gasteiger partial charge on any atom is 0.240 e. The van der Waals surface area contributed by atoms with Crippen LogP contribution < -0.4 is 5.43 Å². The Hall–Kier alpha value is -2.40. The van der Waals surface area contributed by atoms with Gasteiger partial charge in [0.1, 0.15) is 0 Å². The van der Waals surface area contributed by atoms with E-state index in [1.165, 1.54) is 6.21 Å². The molecule has 2 rings (SSSR count). The summed E-state index contributed by atoms with van der Waals surface area (Å²) >= 11 is 6.05. The van der Waals surface area contributed by atoms with Crippen molar-refractivity contribution in [2.45, 2.75) is 26.7 Å². The van der Waals surface area contributed by atoms with E-state index < -0.39 is 0 Å². The molecule has 2 N–H and O–H groups in total. The number of amides is 1. The molecule has 1 heterocycles. The largest absolute Gasteiger partial charge is 0.282 e. The van der Waals surface area contributed by atoms with Crippen molar-refractivity contribution in [2.75, 3.05) is 0 Å². The average molecular weight is 331 g/mol. The fourth-order valence-corrected chi connectivity index (χ4v) is 2.32. The lowest BCUT2D eigenvalue weighted by atomic mass is 10.1. The van der Waals surface area contributed by atoms with E-state index in [4.69, 9.17) is 11.6 Å². The number of hydrogen-bond donors (Lipinski definition) is 2. The second-order valence-electron chi connectivity index (χ2n) is 5.15. The van der Waals surface area contributed by atoms with E-state index in [2.05, 4.69) is 20.7 Å². The van der Waals surface area contributed by atoms with Crippen LogP contribution in [0.15, 0.2) is 40.5 Å². The van der Waals surface area contributed by atoms with Crippen LogP contribution in [0.1, 0.15) is 28.9 Å². The zero-order valence-electron chi connectivity index (χ0n) is 13.1. The van der Waals surface area contributed by atoms with E-state index in [1.54, 1.807) is 6.08 Å². The topological polar surface area (TPSA) is 70.1 Å². The summed E-state index contributed by atoms with van der Waals surface area (Å²) in [6.45, 7) is 3.86. The van der Waals surface area contributed by atoms with Gasteiger partial charge in [-0.25, -0.2) is 5.43 Å². The summed E-state index contributed by atoms with van der Waals surface area (Å²) in [7, 11) is 0. The number of hydrogen-bond acceptors (Lipinski definition) is 3. The molecule has 0 fully saturated rings. The number of aryl methyl sites for hydroxylation is 2. The molecule has 5 nitrogen and oxygen atoms in total. The van der Waals surface area contributed by atoms with Crippen LogP contribution in [-0.4, -0.2) is 22.3 Å². The molecule has 0 unspecified atom stereocenters. The van der Waals surface area contributed by atoms with Gasteiger partial charge in [0.2, 0.25) is 5.91 Å². The van der Waals surface area contributed by atoms with Gasteiger partial charge < -0.3 is 0 Å². The van der Waals surface area contributed by atoms with Gasteiger partial charge in [-0.05, 0) is 37.5 Å². The SMILES string of the molecule is Cc1n[nH]c(C)c1CCC(=O)N/N=C/C(Cl)=C/c1ccccc1. The number of carbonyl (C=O) groups is 1. The Morgan fingerprint density at radius 3 is 2.74 bits per heavy atom. The minimum Gasteiger partial charge on any atom is -0.282 e. The highest BCUT2D eigenvalue weighted by Crippen LogP contribution is 2.11. The zero-order chi connectivity index (χ0) is 16.7. The van der Waals surface area contributed by atoms with Gasteiger partial charge in [0, 0.05) is 12.1 Å². The van der Waals surface area contributed by atoms with Gasteiger partial charge in [-0.3, -0.25) is 9.89 Å². The van der Waals surface area contributed by atoms with Crippen LogP contribution in [0.25, 0.3) is 6.08 Å². The van der Waals surface area contributed by atoms with E-state index in [-0.39, 0.29) is 5.91 Å². The van der Waals surface area contributed by atoms with Gasteiger partial charge in [0.25, 0.3) is 0 Å². The Morgan fingerprint density at radius 2 is 2.09 bits per heavy atom. The quantitative estimate of drug-likeness (QED) is 0.630. The Labute approximate surface area is 140 Å². The molecule has 2 aromatic rings. The summed E-state index contributed by atoms with van der Waals surface area (Å²) in [5.41, 5.74) is 6.44. The number of rotatable bonds is 6. The molecule has 0 saturated carbocycles. The highest BCUT2D eigenvalue weighted by molar-refractivity contribution is 6.41. The molecule has 120 valence electrons. The molecule has 1 aromatic heterocycles. The predicted octanol–water partition coefficient (Wildman–Crippen LogP) is 3.34. The molecule has 0 spiro atoms. The van der Waals surface area contributed by atoms with Crippen LogP contribution in [0.3, 0.4) is 0 Å². The molecule has 1 aromatic carbocycles. The van der Waals surface area contributed by atoms with Crippen molar-refractivity contribution in [1.82, 2.24) is 15.6 Å². The lowest BCUT2D eigenvalue weighted by molar-refractivity contribution is -0.121. The number of nitrogens with one attached hydrogen (secondary N) is 2. The summed E-state index contributed by atoms with van der Waals surface area (Å²) < 4.78 is 0. The second kappa shape index (κ2) is 8.29. The number of aromatic amines is 1. The first kappa shape index (κ1) is 17.0. The van der Waals surface area contributed by atoms with Crippen LogP contribution >= 0.6 is 11.6 Å². The Bertz CT molecular complexity index is 700. The van der Waals surface area contributed by atoms with Crippen LogP contribution in [0.2, 0.25) is 0 Å². The third-order valence-electron chi connectivity index (χ3n) is 3.36. The minimum absolute atomic E-state index is 0.162. The Balaban J connectivity index is 1.81. The first-order chi connectivity index (χ1) is 11.1. The summed E-state index contributed by atoms with van der Waals surface area (Å²) in [5, 5.41) is 11.3. The van der Waals surface area contributed by atoms with Crippen LogP contribution in [0.5, 0.6) is 0 Å². The Kier molecular flexibility index (Phi) is 6.11. The number of benzene rings is 1. The third kappa shape index (κ3) is 5.38. The lowest BCUT2D eigenvalue weighted by Gasteiger charge is -2.01. The maximum absolute atomic E-state index is 11.8. The lowest BCUT2D eigenvalue weighted by Crippen LogP contribution is -2.18. The summed E-state index contributed by atoms with van der Waals surface area (Å²) in [4.78, 5) is 11.8. The molecule has 0 aliphatic carbocycles. The molecule has 0 radical (unpaired) electrons. The van der Waals surface area contributed by atoms with Crippen LogP contribution in [-0.2, 0) is 11.2 Å². The fraction of sp³-hybridized carbons (Fsp3) is 0.235. The van der Waals surface area contributed by atoms with E-state index in [0.29, 0.717) is 17.9 Å². The van der Waals surface area contributed by atoms with Gasteiger partial charge in [-0.2, -0.15) is 10.2 Å². The molecular formula is C17H19ClN4O.